The Morgan fingerprint density at radius 3 is 2.58 bits per heavy atom. The summed E-state index contributed by atoms with van der Waals surface area (Å²) in [4.78, 5) is 23.7. The van der Waals surface area contributed by atoms with Gasteiger partial charge in [-0.2, -0.15) is 0 Å². The Labute approximate surface area is 116 Å². The van der Waals surface area contributed by atoms with E-state index in [1.54, 1.807) is 17.0 Å². The van der Waals surface area contributed by atoms with E-state index in [2.05, 4.69) is 0 Å². The molecule has 0 spiro atoms. The summed E-state index contributed by atoms with van der Waals surface area (Å²) in [5.41, 5.74) is 6.12. The van der Waals surface area contributed by atoms with Crippen LogP contribution in [0.2, 0.25) is 5.02 Å². The molecular formula is C13H15ClN2O3. The standard InChI is InChI=1S/C13H15ClN2O3/c14-10-5-9(13(15)19)3-4-11(10)16(7-12(17)18)6-8-1-2-8/h3-5,8H,1-2,6-7H2,(H2,15,19)(H,17,18). The van der Waals surface area contributed by atoms with Crippen molar-refractivity contribution in [2.24, 2.45) is 11.7 Å². The maximum Gasteiger partial charge on any atom is 0.323 e. The summed E-state index contributed by atoms with van der Waals surface area (Å²) in [6.45, 7) is 0.564. The Bertz CT molecular complexity index is 515. The quantitative estimate of drug-likeness (QED) is 0.832. The number of rotatable bonds is 6. The number of carboxylic acid groups (broad SMARTS) is 1. The SMILES string of the molecule is NC(=O)c1ccc(N(CC(=O)O)CC2CC2)c(Cl)c1. The van der Waals surface area contributed by atoms with E-state index in [4.69, 9.17) is 22.4 Å². The summed E-state index contributed by atoms with van der Waals surface area (Å²) >= 11 is 6.11. The van der Waals surface area contributed by atoms with E-state index in [9.17, 15) is 9.59 Å². The fourth-order valence-corrected chi connectivity index (χ4v) is 2.24. The van der Waals surface area contributed by atoms with Crippen molar-refractivity contribution >= 4 is 29.2 Å². The highest BCUT2D eigenvalue weighted by atomic mass is 35.5. The number of carbonyl (C=O) groups excluding carboxylic acids is 1. The first-order valence-electron chi connectivity index (χ1n) is 6.03. The van der Waals surface area contributed by atoms with E-state index in [0.717, 1.165) is 12.8 Å². The van der Waals surface area contributed by atoms with Crippen LogP contribution in [-0.4, -0.2) is 30.1 Å². The Morgan fingerprint density at radius 2 is 2.11 bits per heavy atom. The van der Waals surface area contributed by atoms with E-state index in [0.29, 0.717) is 28.7 Å². The molecule has 1 amide bonds. The van der Waals surface area contributed by atoms with Crippen molar-refractivity contribution < 1.29 is 14.7 Å². The van der Waals surface area contributed by atoms with Gasteiger partial charge in [-0.3, -0.25) is 9.59 Å². The Morgan fingerprint density at radius 1 is 1.42 bits per heavy atom. The summed E-state index contributed by atoms with van der Waals surface area (Å²) in [5.74, 6) is -0.928. The van der Waals surface area contributed by atoms with E-state index in [1.165, 1.54) is 6.07 Å². The normalized spacial score (nSPS) is 14.2. The summed E-state index contributed by atoms with van der Waals surface area (Å²) in [6.07, 6.45) is 2.24. The topological polar surface area (TPSA) is 83.6 Å². The van der Waals surface area contributed by atoms with Gasteiger partial charge < -0.3 is 15.7 Å². The molecule has 1 fully saturated rings. The molecule has 6 heteroatoms. The van der Waals surface area contributed by atoms with Gasteiger partial charge in [0.05, 0.1) is 10.7 Å². The van der Waals surface area contributed by atoms with Crippen LogP contribution < -0.4 is 10.6 Å². The number of hydrogen-bond donors (Lipinski definition) is 2. The monoisotopic (exact) mass is 282 g/mol. The molecule has 0 radical (unpaired) electrons. The zero-order valence-corrected chi connectivity index (χ0v) is 11.1. The molecule has 0 bridgehead atoms. The van der Waals surface area contributed by atoms with Crippen LogP contribution in [0.3, 0.4) is 0 Å². The van der Waals surface area contributed by atoms with Gasteiger partial charge in [0.15, 0.2) is 0 Å². The third kappa shape index (κ3) is 3.61. The Kier molecular flexibility index (Phi) is 3.95. The van der Waals surface area contributed by atoms with Gasteiger partial charge in [-0.15, -0.1) is 0 Å². The first kappa shape index (κ1) is 13.7. The first-order chi connectivity index (χ1) is 8.97. The van der Waals surface area contributed by atoms with Crippen molar-refractivity contribution in [2.45, 2.75) is 12.8 Å². The number of anilines is 1. The molecule has 2 rings (SSSR count). The highest BCUT2D eigenvalue weighted by Gasteiger charge is 2.26. The third-order valence-corrected chi connectivity index (χ3v) is 3.38. The molecular weight excluding hydrogens is 268 g/mol. The fourth-order valence-electron chi connectivity index (χ4n) is 1.94. The van der Waals surface area contributed by atoms with Gasteiger partial charge in [-0.25, -0.2) is 0 Å². The van der Waals surface area contributed by atoms with Gasteiger partial charge in [0, 0.05) is 12.1 Å². The largest absolute Gasteiger partial charge is 0.480 e. The van der Waals surface area contributed by atoms with Crippen LogP contribution in [0.5, 0.6) is 0 Å². The molecule has 0 aromatic heterocycles. The highest BCUT2D eigenvalue weighted by Crippen LogP contribution is 2.34. The molecule has 5 nitrogen and oxygen atoms in total. The zero-order chi connectivity index (χ0) is 14.0. The zero-order valence-electron chi connectivity index (χ0n) is 10.3. The molecule has 0 unspecified atom stereocenters. The molecule has 0 atom stereocenters. The molecule has 1 aliphatic rings. The van der Waals surface area contributed by atoms with Crippen molar-refractivity contribution in [3.8, 4) is 0 Å². The van der Waals surface area contributed by atoms with Crippen LogP contribution in [0.25, 0.3) is 0 Å². The minimum atomic E-state index is -0.907. The highest BCUT2D eigenvalue weighted by molar-refractivity contribution is 6.33. The number of hydrogen-bond acceptors (Lipinski definition) is 3. The molecule has 1 aliphatic carbocycles. The predicted molar refractivity (Wildman–Crippen MR) is 72.5 cm³/mol. The van der Waals surface area contributed by atoms with E-state index in [1.807, 2.05) is 0 Å². The van der Waals surface area contributed by atoms with Gasteiger partial charge in [0.1, 0.15) is 6.54 Å². The van der Waals surface area contributed by atoms with Crippen molar-refractivity contribution in [2.75, 3.05) is 18.0 Å². The lowest BCUT2D eigenvalue weighted by atomic mass is 10.1. The van der Waals surface area contributed by atoms with E-state index in [-0.39, 0.29) is 6.54 Å². The number of aliphatic carboxylic acids is 1. The molecule has 1 aromatic carbocycles. The van der Waals surface area contributed by atoms with Crippen LogP contribution in [0.1, 0.15) is 23.2 Å². The minimum Gasteiger partial charge on any atom is -0.480 e. The summed E-state index contributed by atoms with van der Waals surface area (Å²) < 4.78 is 0. The number of primary amides is 1. The second kappa shape index (κ2) is 5.48. The maximum absolute atomic E-state index is 11.1. The van der Waals surface area contributed by atoms with Crippen LogP contribution in [0.4, 0.5) is 5.69 Å². The van der Waals surface area contributed by atoms with Gasteiger partial charge in [0.2, 0.25) is 5.91 Å². The van der Waals surface area contributed by atoms with E-state index < -0.39 is 11.9 Å². The smallest absolute Gasteiger partial charge is 0.323 e. The Balaban J connectivity index is 2.24. The lowest BCUT2D eigenvalue weighted by Crippen LogP contribution is -2.31. The molecule has 0 saturated heterocycles. The molecule has 19 heavy (non-hydrogen) atoms. The molecule has 1 aromatic rings. The number of carboxylic acids is 1. The summed E-state index contributed by atoms with van der Waals surface area (Å²) in [7, 11) is 0. The van der Waals surface area contributed by atoms with E-state index >= 15 is 0 Å². The number of benzene rings is 1. The van der Waals surface area contributed by atoms with Crippen molar-refractivity contribution in [3.05, 3.63) is 28.8 Å². The predicted octanol–water partition coefficient (Wildman–Crippen LogP) is 1.74. The second-order valence-electron chi connectivity index (χ2n) is 4.75. The van der Waals surface area contributed by atoms with Crippen molar-refractivity contribution in [1.29, 1.82) is 0 Å². The lowest BCUT2D eigenvalue weighted by Gasteiger charge is -2.24. The van der Waals surface area contributed by atoms with Crippen LogP contribution in [-0.2, 0) is 4.79 Å². The van der Waals surface area contributed by atoms with Crippen molar-refractivity contribution in [3.63, 3.8) is 0 Å². The first-order valence-corrected chi connectivity index (χ1v) is 6.41. The van der Waals surface area contributed by atoms with Crippen molar-refractivity contribution in [1.82, 2.24) is 0 Å². The molecule has 0 aliphatic heterocycles. The number of amides is 1. The van der Waals surface area contributed by atoms with Crippen LogP contribution in [0, 0.1) is 5.92 Å². The van der Waals surface area contributed by atoms with Crippen LogP contribution >= 0.6 is 11.6 Å². The van der Waals surface area contributed by atoms with Gasteiger partial charge >= 0.3 is 5.97 Å². The summed E-state index contributed by atoms with van der Waals surface area (Å²) in [6, 6.07) is 4.68. The molecule has 102 valence electrons. The molecule has 1 saturated carbocycles. The number of carbonyl (C=O) groups is 2. The number of halogens is 1. The summed E-state index contributed by atoms with van der Waals surface area (Å²) in [5, 5.41) is 9.30. The number of nitrogens with zero attached hydrogens (tertiary/aromatic N) is 1. The number of nitrogens with two attached hydrogens (primary N) is 1. The Hall–Kier alpha value is -1.75. The van der Waals surface area contributed by atoms with Crippen LogP contribution in [0.15, 0.2) is 18.2 Å². The minimum absolute atomic E-state index is 0.105. The second-order valence-corrected chi connectivity index (χ2v) is 5.16. The fraction of sp³-hybridized carbons (Fsp3) is 0.385. The average Bonchev–Trinajstić information content (AvgIpc) is 3.11. The lowest BCUT2D eigenvalue weighted by molar-refractivity contribution is -0.135. The van der Waals surface area contributed by atoms with Gasteiger partial charge in [0.25, 0.3) is 0 Å². The molecule has 3 N–H and O–H groups in total. The molecule has 0 heterocycles. The maximum atomic E-state index is 11.1. The van der Waals surface area contributed by atoms with Gasteiger partial charge in [-0.1, -0.05) is 11.6 Å². The third-order valence-electron chi connectivity index (χ3n) is 3.07. The van der Waals surface area contributed by atoms with Gasteiger partial charge in [-0.05, 0) is 37.0 Å². The average molecular weight is 283 g/mol.